The Morgan fingerprint density at radius 1 is 1.15 bits per heavy atom. The molecule has 2 aliphatic rings. The summed E-state index contributed by atoms with van der Waals surface area (Å²) in [6, 6.07) is 11.3. The van der Waals surface area contributed by atoms with Gasteiger partial charge in [-0.15, -0.1) is 11.3 Å². The molecule has 9 nitrogen and oxygen atoms in total. The predicted octanol–water partition coefficient (Wildman–Crippen LogP) is 6.21. The highest BCUT2D eigenvalue weighted by atomic mass is 32.1. The van der Waals surface area contributed by atoms with Crippen LogP contribution < -0.4 is 10.1 Å². The van der Waals surface area contributed by atoms with Crippen molar-refractivity contribution in [3.05, 3.63) is 83.4 Å². The molecular formula is C34H29F2N5O4S. The quantitative estimate of drug-likeness (QED) is 0.160. The molecule has 0 spiro atoms. The van der Waals surface area contributed by atoms with E-state index in [1.165, 1.54) is 24.5 Å². The number of methoxy groups -OCH3 is 1. The standard InChI is InChI=1S/C34H29F2N5O4S/c1-4-29(43)40-17-22-15-26(39-41(22)16-18(40)2)33-31(30-24(36)13-21(35)14-27(30)45-9-8-44-3)34-23(7-10-46-34)32(38-33)20-6-5-19-12-28(42)37-25(19)11-20/h4-7,10-11,13-15,18H,1,8-9,12,16-17H2,2-3H3,(H,37,42). The zero-order chi connectivity index (χ0) is 32.1. The average molecular weight is 642 g/mol. The normalized spacial score (nSPS) is 15.5. The van der Waals surface area contributed by atoms with E-state index in [1.54, 1.807) is 4.90 Å². The molecular weight excluding hydrogens is 612 g/mol. The molecule has 5 heterocycles. The van der Waals surface area contributed by atoms with Crippen LogP contribution in [-0.2, 0) is 33.8 Å². The van der Waals surface area contributed by atoms with E-state index in [-0.39, 0.29) is 42.4 Å². The third-order valence-corrected chi connectivity index (χ3v) is 9.23. The molecule has 0 aliphatic carbocycles. The van der Waals surface area contributed by atoms with Crippen molar-refractivity contribution in [2.24, 2.45) is 0 Å². The van der Waals surface area contributed by atoms with E-state index in [0.717, 1.165) is 40.0 Å². The number of nitrogens with zero attached hydrogens (tertiary/aromatic N) is 4. The maximum absolute atomic E-state index is 16.0. The first kappa shape index (κ1) is 29.8. The zero-order valence-corrected chi connectivity index (χ0v) is 25.9. The Bertz CT molecular complexity index is 2060. The molecule has 3 aromatic heterocycles. The lowest BCUT2D eigenvalue weighted by Gasteiger charge is -2.33. The first-order chi connectivity index (χ1) is 22.2. The lowest BCUT2D eigenvalue weighted by molar-refractivity contribution is -0.129. The number of hydrogen-bond acceptors (Lipinski definition) is 7. The van der Waals surface area contributed by atoms with E-state index >= 15 is 4.39 Å². The molecule has 0 saturated heterocycles. The van der Waals surface area contributed by atoms with Crippen LogP contribution >= 0.6 is 11.3 Å². The molecule has 234 valence electrons. The maximum Gasteiger partial charge on any atom is 0.246 e. The van der Waals surface area contributed by atoms with Crippen molar-refractivity contribution in [3.63, 3.8) is 0 Å². The lowest BCUT2D eigenvalue weighted by atomic mass is 9.96. The summed E-state index contributed by atoms with van der Waals surface area (Å²) < 4.78 is 44.2. The molecule has 0 bridgehead atoms. The summed E-state index contributed by atoms with van der Waals surface area (Å²) in [5.41, 5.74) is 5.07. The fourth-order valence-electron chi connectivity index (χ4n) is 6.11. The molecule has 2 aromatic carbocycles. The summed E-state index contributed by atoms with van der Waals surface area (Å²) in [6.07, 6.45) is 1.60. The number of pyridine rings is 1. The van der Waals surface area contributed by atoms with Crippen molar-refractivity contribution < 1.29 is 27.8 Å². The van der Waals surface area contributed by atoms with Gasteiger partial charge in [0.15, 0.2) is 0 Å². The summed E-state index contributed by atoms with van der Waals surface area (Å²) >= 11 is 1.40. The second-order valence-corrected chi connectivity index (χ2v) is 12.2. The van der Waals surface area contributed by atoms with Crippen molar-refractivity contribution in [1.82, 2.24) is 19.7 Å². The Kier molecular flexibility index (Phi) is 7.61. The summed E-state index contributed by atoms with van der Waals surface area (Å²) in [5.74, 6) is -1.83. The topological polar surface area (TPSA) is 98.6 Å². The molecule has 0 radical (unpaired) electrons. The van der Waals surface area contributed by atoms with Crippen LogP contribution in [0.5, 0.6) is 5.75 Å². The molecule has 12 heteroatoms. The van der Waals surface area contributed by atoms with Gasteiger partial charge in [-0.25, -0.2) is 13.8 Å². The van der Waals surface area contributed by atoms with Gasteiger partial charge in [-0.05, 0) is 42.1 Å². The Balaban J connectivity index is 1.48. The Labute approximate surface area is 267 Å². The molecule has 46 heavy (non-hydrogen) atoms. The maximum atomic E-state index is 16.0. The second kappa shape index (κ2) is 11.8. The monoisotopic (exact) mass is 641 g/mol. The van der Waals surface area contributed by atoms with E-state index in [9.17, 15) is 14.0 Å². The highest BCUT2D eigenvalue weighted by Gasteiger charge is 2.31. The van der Waals surface area contributed by atoms with Gasteiger partial charge in [0.05, 0.1) is 43.1 Å². The lowest BCUT2D eigenvalue weighted by Crippen LogP contribution is -2.44. The van der Waals surface area contributed by atoms with Crippen molar-refractivity contribution in [2.45, 2.75) is 32.5 Å². The summed E-state index contributed by atoms with van der Waals surface area (Å²) in [7, 11) is 1.52. The number of ether oxygens (including phenoxy) is 2. The molecule has 5 aromatic rings. The SMILES string of the molecule is C=CC(=O)N1Cc2cc(-c3nc(-c4ccc5c(c4)NC(=O)C5)c4ccsc4c3-c3c(F)cc(F)cc3OCCOC)nn2CC1C. The molecule has 1 atom stereocenters. The van der Waals surface area contributed by atoms with Gasteiger partial charge < -0.3 is 19.7 Å². The molecule has 0 fully saturated rings. The van der Waals surface area contributed by atoms with Crippen molar-refractivity contribution in [3.8, 4) is 39.5 Å². The van der Waals surface area contributed by atoms with Crippen LogP contribution in [0.4, 0.5) is 14.5 Å². The van der Waals surface area contributed by atoms with Crippen LogP contribution in [0.2, 0.25) is 0 Å². The minimum absolute atomic E-state index is 0.0145. The third-order valence-electron chi connectivity index (χ3n) is 8.30. The number of fused-ring (bicyclic) bond motifs is 3. The van der Waals surface area contributed by atoms with E-state index in [1.807, 2.05) is 47.3 Å². The molecule has 2 aliphatic heterocycles. The number of anilines is 1. The van der Waals surface area contributed by atoms with E-state index < -0.39 is 11.6 Å². The first-order valence-corrected chi connectivity index (χ1v) is 15.6. The number of carbonyl (C=O) groups is 2. The molecule has 1 unspecified atom stereocenters. The number of rotatable bonds is 8. The Morgan fingerprint density at radius 2 is 2.00 bits per heavy atom. The number of amides is 2. The largest absolute Gasteiger partial charge is 0.490 e. The smallest absolute Gasteiger partial charge is 0.246 e. The molecule has 1 N–H and O–H groups in total. The molecule has 7 rings (SSSR count). The fourth-order valence-corrected chi connectivity index (χ4v) is 7.06. The first-order valence-electron chi connectivity index (χ1n) is 14.7. The molecule has 2 amide bonds. The van der Waals surface area contributed by atoms with Gasteiger partial charge in [0.25, 0.3) is 0 Å². The summed E-state index contributed by atoms with van der Waals surface area (Å²) in [6.45, 7) is 6.62. The number of carbonyl (C=O) groups excluding carboxylic acids is 2. The highest BCUT2D eigenvalue weighted by Crippen LogP contribution is 2.47. The Hall–Kier alpha value is -4.94. The number of aromatic nitrogens is 3. The van der Waals surface area contributed by atoms with Crippen LogP contribution in [0.1, 0.15) is 18.2 Å². The number of thiophene rings is 1. The van der Waals surface area contributed by atoms with Gasteiger partial charge in [-0.1, -0.05) is 18.7 Å². The summed E-state index contributed by atoms with van der Waals surface area (Å²) in [4.78, 5) is 31.5. The Morgan fingerprint density at radius 3 is 2.80 bits per heavy atom. The van der Waals surface area contributed by atoms with Gasteiger partial charge in [0.1, 0.15) is 35.4 Å². The van der Waals surface area contributed by atoms with Gasteiger partial charge in [-0.3, -0.25) is 14.3 Å². The van der Waals surface area contributed by atoms with E-state index in [0.29, 0.717) is 46.9 Å². The van der Waals surface area contributed by atoms with Gasteiger partial charge in [0, 0.05) is 52.2 Å². The van der Waals surface area contributed by atoms with Crippen molar-refractivity contribution in [1.29, 1.82) is 0 Å². The van der Waals surface area contributed by atoms with Crippen LogP contribution in [0.3, 0.4) is 0 Å². The van der Waals surface area contributed by atoms with Gasteiger partial charge >= 0.3 is 0 Å². The fraction of sp³-hybridized carbons (Fsp3) is 0.235. The number of hydrogen-bond donors (Lipinski definition) is 1. The third kappa shape index (κ3) is 5.13. The predicted molar refractivity (Wildman–Crippen MR) is 172 cm³/mol. The van der Waals surface area contributed by atoms with Crippen LogP contribution in [-0.4, -0.2) is 57.8 Å². The van der Waals surface area contributed by atoms with Crippen LogP contribution in [0, 0.1) is 11.6 Å². The van der Waals surface area contributed by atoms with Crippen molar-refractivity contribution >= 4 is 38.9 Å². The van der Waals surface area contributed by atoms with Crippen LogP contribution in [0.25, 0.3) is 43.9 Å². The summed E-state index contributed by atoms with van der Waals surface area (Å²) in [5, 5.41) is 10.4. The number of nitrogens with one attached hydrogen (secondary N) is 1. The van der Waals surface area contributed by atoms with Gasteiger partial charge in [-0.2, -0.15) is 5.10 Å². The van der Waals surface area contributed by atoms with Gasteiger partial charge in [0.2, 0.25) is 11.8 Å². The zero-order valence-electron chi connectivity index (χ0n) is 25.1. The van der Waals surface area contributed by atoms with E-state index in [4.69, 9.17) is 19.6 Å². The van der Waals surface area contributed by atoms with Crippen molar-refractivity contribution in [2.75, 3.05) is 25.6 Å². The number of benzene rings is 2. The molecule has 0 saturated carbocycles. The minimum atomic E-state index is -0.807. The number of halogens is 2. The minimum Gasteiger partial charge on any atom is -0.490 e. The second-order valence-electron chi connectivity index (χ2n) is 11.3. The van der Waals surface area contributed by atoms with Crippen LogP contribution in [0.15, 0.2) is 60.5 Å². The highest BCUT2D eigenvalue weighted by molar-refractivity contribution is 7.18. The van der Waals surface area contributed by atoms with E-state index in [2.05, 4.69) is 11.9 Å². The average Bonchev–Trinajstić information content (AvgIpc) is 3.77.